The van der Waals surface area contributed by atoms with Crippen LogP contribution in [0.25, 0.3) is 0 Å². The Labute approximate surface area is 87.5 Å². The topological polar surface area (TPSA) is 74.6 Å². The second kappa shape index (κ2) is 7.32. The lowest BCUT2D eigenvalue weighted by Crippen LogP contribution is -1.93. The van der Waals surface area contributed by atoms with Gasteiger partial charge >= 0.3 is 11.9 Å². The van der Waals surface area contributed by atoms with Crippen LogP contribution < -0.4 is 0 Å². The first-order valence-corrected chi connectivity index (χ1v) is 4.19. The number of carbonyl (C=O) groups is 2. The summed E-state index contributed by atoms with van der Waals surface area (Å²) in [5, 5.41) is 16.2. The third kappa shape index (κ3) is 7.01. The maximum atomic E-state index is 10.2. The van der Waals surface area contributed by atoms with Gasteiger partial charge in [-0.3, -0.25) is 4.79 Å². The van der Waals surface area contributed by atoms with Crippen LogP contribution in [0.4, 0.5) is 0 Å². The Bertz CT molecular complexity index is 330. The molecule has 0 saturated heterocycles. The van der Waals surface area contributed by atoms with Gasteiger partial charge < -0.3 is 10.2 Å². The zero-order chi connectivity index (χ0) is 11.7. The Morgan fingerprint density at radius 1 is 1.20 bits per heavy atom. The first-order chi connectivity index (χ1) is 7.07. The summed E-state index contributed by atoms with van der Waals surface area (Å²) in [6.45, 7) is 3.22. The van der Waals surface area contributed by atoms with Crippen molar-refractivity contribution in [1.29, 1.82) is 0 Å². The van der Waals surface area contributed by atoms with Crippen LogP contribution in [0.5, 0.6) is 0 Å². The van der Waals surface area contributed by atoms with Crippen LogP contribution in [0.15, 0.2) is 43.0 Å². The van der Waals surface area contributed by atoms with Gasteiger partial charge in [0.05, 0.1) is 12.0 Å². The Morgan fingerprint density at radius 2 is 1.73 bits per heavy atom. The largest absolute Gasteiger partial charge is 0.481 e. The average Bonchev–Trinajstić information content (AvgIpc) is 2.20. The molecule has 0 aliphatic carbocycles. The Morgan fingerprint density at radius 3 is 1.93 bits per heavy atom. The van der Waals surface area contributed by atoms with E-state index in [4.69, 9.17) is 10.2 Å². The fourth-order valence-corrected chi connectivity index (χ4v) is 0.704. The molecule has 0 spiro atoms. The Hall–Kier alpha value is -2.10. The summed E-state index contributed by atoms with van der Waals surface area (Å²) in [5.74, 6) is -1.71. The summed E-state index contributed by atoms with van der Waals surface area (Å²) in [4.78, 5) is 19.7. The maximum Gasteiger partial charge on any atom is 0.335 e. The fraction of sp³-hybridized carbons (Fsp3) is 0.0909. The lowest BCUT2D eigenvalue weighted by molar-refractivity contribution is -0.135. The number of carboxylic acid groups (broad SMARTS) is 2. The van der Waals surface area contributed by atoms with Gasteiger partial charge in [0, 0.05) is 0 Å². The van der Waals surface area contributed by atoms with Crippen molar-refractivity contribution < 1.29 is 19.8 Å². The van der Waals surface area contributed by atoms with E-state index in [0.717, 1.165) is 0 Å². The van der Waals surface area contributed by atoms with E-state index in [0.29, 0.717) is 5.56 Å². The molecule has 0 aliphatic heterocycles. The molecule has 0 saturated carbocycles. The predicted molar refractivity (Wildman–Crippen MR) is 55.9 cm³/mol. The quantitative estimate of drug-likeness (QED) is 0.745. The van der Waals surface area contributed by atoms with Crippen molar-refractivity contribution in [3.8, 4) is 0 Å². The normalized spacial score (nSPS) is 8.27. The van der Waals surface area contributed by atoms with E-state index in [-0.39, 0.29) is 6.42 Å². The fourth-order valence-electron chi connectivity index (χ4n) is 0.704. The van der Waals surface area contributed by atoms with E-state index in [9.17, 15) is 9.59 Å². The minimum atomic E-state index is -0.879. The minimum absolute atomic E-state index is 0.0556. The van der Waals surface area contributed by atoms with Gasteiger partial charge in [-0.25, -0.2) is 4.79 Å². The third-order valence-electron chi connectivity index (χ3n) is 1.34. The van der Waals surface area contributed by atoms with Crippen molar-refractivity contribution in [1.82, 2.24) is 0 Å². The van der Waals surface area contributed by atoms with Gasteiger partial charge in [0.25, 0.3) is 0 Å². The molecule has 0 amide bonds. The van der Waals surface area contributed by atoms with Gasteiger partial charge in [0.15, 0.2) is 0 Å². The zero-order valence-electron chi connectivity index (χ0n) is 8.09. The van der Waals surface area contributed by atoms with Gasteiger partial charge in [-0.1, -0.05) is 24.3 Å². The average molecular weight is 208 g/mol. The molecule has 0 unspecified atom stereocenters. The zero-order valence-corrected chi connectivity index (χ0v) is 8.09. The van der Waals surface area contributed by atoms with E-state index in [1.165, 1.54) is 6.08 Å². The van der Waals surface area contributed by atoms with E-state index in [1.54, 1.807) is 30.3 Å². The van der Waals surface area contributed by atoms with Crippen molar-refractivity contribution in [3.63, 3.8) is 0 Å². The number of benzene rings is 1. The Kier molecular flexibility index (Phi) is 6.29. The van der Waals surface area contributed by atoms with Crippen molar-refractivity contribution in [3.05, 3.63) is 48.6 Å². The van der Waals surface area contributed by atoms with Crippen LogP contribution in [0, 0.1) is 0 Å². The van der Waals surface area contributed by atoms with Gasteiger partial charge in [0.1, 0.15) is 0 Å². The Balaban J connectivity index is 0.000000288. The summed E-state index contributed by atoms with van der Waals surface area (Å²) >= 11 is 0. The number of hydrogen-bond acceptors (Lipinski definition) is 2. The van der Waals surface area contributed by atoms with Crippen LogP contribution in [0.3, 0.4) is 0 Å². The highest BCUT2D eigenvalue weighted by atomic mass is 16.4. The molecule has 0 atom stereocenters. The van der Waals surface area contributed by atoms with Crippen molar-refractivity contribution in [2.75, 3.05) is 0 Å². The number of rotatable bonds is 3. The molecule has 0 radical (unpaired) electrons. The minimum Gasteiger partial charge on any atom is -0.481 e. The van der Waals surface area contributed by atoms with Gasteiger partial charge in [-0.15, -0.1) is 6.58 Å². The summed E-state index contributed by atoms with van der Waals surface area (Å²) in [7, 11) is 0. The highest BCUT2D eigenvalue weighted by Gasteiger charge is 1.96. The van der Waals surface area contributed by atoms with Crippen LogP contribution in [0.1, 0.15) is 16.8 Å². The predicted octanol–water partition coefficient (Wildman–Crippen LogP) is 2.03. The molecular weight excluding hydrogens is 196 g/mol. The highest BCUT2D eigenvalue weighted by molar-refractivity contribution is 5.87. The van der Waals surface area contributed by atoms with E-state index in [1.807, 2.05) is 0 Å². The van der Waals surface area contributed by atoms with E-state index < -0.39 is 11.9 Å². The third-order valence-corrected chi connectivity index (χ3v) is 1.34. The standard InChI is InChI=1S/C7H6O2.C4H6O2/c8-7(9)6-4-2-1-3-5-6;1-2-3-4(5)6/h1-5H,(H,8,9);2H,1,3H2,(H,5,6). The summed E-state index contributed by atoms with van der Waals surface area (Å²) in [6.07, 6.45) is 1.41. The molecule has 0 heterocycles. The van der Waals surface area contributed by atoms with Gasteiger partial charge in [-0.05, 0) is 12.1 Å². The maximum absolute atomic E-state index is 10.2. The summed E-state index contributed by atoms with van der Waals surface area (Å²) < 4.78 is 0. The molecular formula is C11H12O4. The molecule has 0 aliphatic rings. The second-order valence-corrected chi connectivity index (χ2v) is 2.56. The van der Waals surface area contributed by atoms with Crippen molar-refractivity contribution in [2.45, 2.75) is 6.42 Å². The molecule has 80 valence electrons. The van der Waals surface area contributed by atoms with Crippen LogP contribution in [-0.4, -0.2) is 22.2 Å². The van der Waals surface area contributed by atoms with E-state index in [2.05, 4.69) is 6.58 Å². The van der Waals surface area contributed by atoms with Crippen LogP contribution in [-0.2, 0) is 4.79 Å². The molecule has 1 rings (SSSR count). The smallest absolute Gasteiger partial charge is 0.335 e. The molecule has 0 bridgehead atoms. The number of aliphatic carboxylic acids is 1. The number of carboxylic acids is 2. The second-order valence-electron chi connectivity index (χ2n) is 2.56. The van der Waals surface area contributed by atoms with Crippen LogP contribution in [0.2, 0.25) is 0 Å². The van der Waals surface area contributed by atoms with Gasteiger partial charge in [-0.2, -0.15) is 0 Å². The SMILES string of the molecule is C=CCC(=O)O.O=C(O)c1ccccc1. The van der Waals surface area contributed by atoms with E-state index >= 15 is 0 Å². The number of aromatic carboxylic acids is 1. The molecule has 1 aromatic rings. The van der Waals surface area contributed by atoms with Crippen molar-refractivity contribution >= 4 is 11.9 Å². The number of hydrogen-bond donors (Lipinski definition) is 2. The summed E-state index contributed by atoms with van der Waals surface area (Å²) in [6, 6.07) is 8.30. The lowest BCUT2D eigenvalue weighted by Gasteiger charge is -1.88. The van der Waals surface area contributed by atoms with Crippen molar-refractivity contribution in [2.24, 2.45) is 0 Å². The highest BCUT2D eigenvalue weighted by Crippen LogP contribution is 1.96. The molecule has 0 fully saturated rings. The summed E-state index contributed by atoms with van der Waals surface area (Å²) in [5.41, 5.74) is 0.331. The molecule has 1 aromatic carbocycles. The molecule has 0 aromatic heterocycles. The molecule has 4 nitrogen and oxygen atoms in total. The van der Waals surface area contributed by atoms with Gasteiger partial charge in [0.2, 0.25) is 0 Å². The lowest BCUT2D eigenvalue weighted by atomic mass is 10.2. The molecule has 4 heteroatoms. The first kappa shape index (κ1) is 12.9. The van der Waals surface area contributed by atoms with Crippen LogP contribution >= 0.6 is 0 Å². The molecule has 15 heavy (non-hydrogen) atoms. The monoisotopic (exact) mass is 208 g/mol. The molecule has 2 N–H and O–H groups in total. The first-order valence-electron chi connectivity index (χ1n) is 4.19.